The third kappa shape index (κ3) is 3.41. The normalized spacial score (nSPS) is 10.8. The van der Waals surface area contributed by atoms with Crippen molar-refractivity contribution in [2.45, 2.75) is 4.34 Å². The van der Waals surface area contributed by atoms with Crippen molar-refractivity contribution < 1.29 is 18.7 Å². The Balaban J connectivity index is 1.68. The molecule has 9 heteroatoms. The number of thiazole rings is 1. The first-order chi connectivity index (χ1) is 11.6. The Morgan fingerprint density at radius 3 is 2.79 bits per heavy atom. The minimum absolute atomic E-state index is 0.00515. The highest BCUT2D eigenvalue weighted by molar-refractivity contribution is 8.01. The van der Waals surface area contributed by atoms with Crippen molar-refractivity contribution in [2.75, 3.05) is 12.9 Å². The van der Waals surface area contributed by atoms with Gasteiger partial charge in [-0.2, -0.15) is 0 Å². The van der Waals surface area contributed by atoms with Crippen LogP contribution in [0.25, 0.3) is 11.3 Å². The van der Waals surface area contributed by atoms with Crippen LogP contribution in [0.4, 0.5) is 0 Å². The van der Waals surface area contributed by atoms with E-state index in [0.29, 0.717) is 0 Å². The Hall–Kier alpha value is -2.39. The SMILES string of the molecule is COc1ccc(-c2csc(SCC(=O)c3c(=O)o[nH][n+]3C)n2)cc1. The van der Waals surface area contributed by atoms with Gasteiger partial charge in [0.25, 0.3) is 0 Å². The van der Waals surface area contributed by atoms with Crippen molar-refractivity contribution in [3.8, 4) is 17.0 Å². The van der Waals surface area contributed by atoms with Crippen LogP contribution in [0.3, 0.4) is 0 Å². The largest absolute Gasteiger partial charge is 0.497 e. The summed E-state index contributed by atoms with van der Waals surface area (Å²) < 4.78 is 11.7. The highest BCUT2D eigenvalue weighted by Crippen LogP contribution is 2.29. The van der Waals surface area contributed by atoms with Gasteiger partial charge in [0.15, 0.2) is 11.4 Å². The van der Waals surface area contributed by atoms with Gasteiger partial charge in [-0.25, -0.2) is 9.78 Å². The van der Waals surface area contributed by atoms with Gasteiger partial charge < -0.3 is 4.74 Å². The molecule has 0 aliphatic carbocycles. The molecule has 0 aliphatic heterocycles. The first-order valence-electron chi connectivity index (χ1n) is 6.92. The molecule has 0 unspecified atom stereocenters. The van der Waals surface area contributed by atoms with E-state index in [9.17, 15) is 9.59 Å². The molecular formula is C15H14N3O4S2+. The van der Waals surface area contributed by atoms with Gasteiger partial charge in [-0.1, -0.05) is 16.4 Å². The van der Waals surface area contributed by atoms with Crippen molar-refractivity contribution in [1.29, 1.82) is 0 Å². The number of carbonyl (C=O) groups is 1. The average molecular weight is 364 g/mol. The molecule has 0 amide bonds. The maximum atomic E-state index is 12.1. The number of carbonyl (C=O) groups excluding carboxylic acids is 1. The van der Waals surface area contributed by atoms with Crippen molar-refractivity contribution >= 4 is 28.9 Å². The summed E-state index contributed by atoms with van der Waals surface area (Å²) in [5.74, 6) is 0.595. The molecular weight excluding hydrogens is 350 g/mol. The molecule has 24 heavy (non-hydrogen) atoms. The average Bonchev–Trinajstić information content (AvgIpc) is 3.20. The number of benzene rings is 1. The van der Waals surface area contributed by atoms with Gasteiger partial charge in [-0.3, -0.25) is 9.32 Å². The molecule has 7 nitrogen and oxygen atoms in total. The summed E-state index contributed by atoms with van der Waals surface area (Å²) >= 11 is 2.75. The van der Waals surface area contributed by atoms with Gasteiger partial charge in [-0.15, -0.1) is 11.3 Å². The zero-order valence-corrected chi connectivity index (χ0v) is 14.6. The lowest BCUT2D eigenvalue weighted by atomic mass is 10.2. The van der Waals surface area contributed by atoms with Crippen molar-refractivity contribution in [3.63, 3.8) is 0 Å². The first kappa shape index (κ1) is 16.5. The number of thioether (sulfide) groups is 1. The zero-order valence-electron chi connectivity index (χ0n) is 12.9. The van der Waals surface area contributed by atoms with E-state index in [1.807, 2.05) is 29.6 Å². The number of nitrogens with one attached hydrogen (secondary N) is 1. The van der Waals surface area contributed by atoms with E-state index in [4.69, 9.17) is 4.74 Å². The summed E-state index contributed by atoms with van der Waals surface area (Å²) in [7, 11) is 3.17. The Morgan fingerprint density at radius 1 is 1.42 bits per heavy atom. The number of aromatic amines is 1. The van der Waals surface area contributed by atoms with E-state index >= 15 is 0 Å². The van der Waals surface area contributed by atoms with Crippen LogP contribution in [0, 0.1) is 0 Å². The molecule has 3 aromatic rings. The summed E-state index contributed by atoms with van der Waals surface area (Å²) in [6, 6.07) is 7.60. The molecule has 3 rings (SSSR count). The predicted octanol–water partition coefficient (Wildman–Crippen LogP) is 1.90. The molecule has 0 aliphatic rings. The summed E-state index contributed by atoms with van der Waals surface area (Å²) in [4.78, 5) is 28.1. The van der Waals surface area contributed by atoms with E-state index in [2.05, 4.69) is 14.8 Å². The molecule has 2 aromatic heterocycles. The second-order valence-corrected chi connectivity index (χ2v) is 6.91. The number of rotatable bonds is 6. The lowest BCUT2D eigenvalue weighted by molar-refractivity contribution is -0.741. The molecule has 1 N–H and O–H groups in total. The summed E-state index contributed by atoms with van der Waals surface area (Å²) in [6.45, 7) is 0. The summed E-state index contributed by atoms with van der Waals surface area (Å²) in [5, 5.41) is 4.26. The minimum Gasteiger partial charge on any atom is -0.497 e. The summed E-state index contributed by atoms with van der Waals surface area (Å²) in [5.41, 5.74) is 1.14. The number of methoxy groups -OCH3 is 1. The van der Waals surface area contributed by atoms with Crippen LogP contribution in [-0.4, -0.2) is 28.9 Å². The zero-order chi connectivity index (χ0) is 17.1. The molecule has 0 radical (unpaired) electrons. The molecule has 0 saturated heterocycles. The van der Waals surface area contributed by atoms with Crippen molar-refractivity contribution in [1.82, 2.24) is 10.3 Å². The highest BCUT2D eigenvalue weighted by atomic mass is 32.2. The van der Waals surface area contributed by atoms with Gasteiger partial charge in [0.1, 0.15) is 5.75 Å². The standard InChI is InChI=1S/C15H13N3O4S2/c1-18-13(14(20)22-17-18)12(19)8-24-15-16-11(7-23-15)9-3-5-10(21-2)6-4-9/h3-7H,8H2,1-2H3/p+1. The molecule has 2 heterocycles. The molecule has 0 atom stereocenters. The van der Waals surface area contributed by atoms with E-state index in [1.54, 1.807) is 14.2 Å². The van der Waals surface area contributed by atoms with Gasteiger partial charge in [0.05, 0.1) is 18.6 Å². The van der Waals surface area contributed by atoms with E-state index in [-0.39, 0.29) is 17.2 Å². The molecule has 0 spiro atoms. The smallest absolute Gasteiger partial charge is 0.438 e. The number of hydrogen-bond acceptors (Lipinski definition) is 7. The Bertz CT molecular complexity index is 911. The third-order valence-electron chi connectivity index (χ3n) is 3.26. The Morgan fingerprint density at radius 2 is 2.17 bits per heavy atom. The monoisotopic (exact) mass is 364 g/mol. The van der Waals surface area contributed by atoms with E-state index in [0.717, 1.165) is 21.3 Å². The third-order valence-corrected chi connectivity index (χ3v) is 5.28. The second-order valence-electron chi connectivity index (χ2n) is 4.83. The highest BCUT2D eigenvalue weighted by Gasteiger charge is 2.26. The van der Waals surface area contributed by atoms with Crippen LogP contribution < -0.4 is 15.0 Å². The number of Topliss-reactive ketones (excluding diaryl/α,β-unsaturated/α-hetero) is 1. The van der Waals surface area contributed by atoms with E-state index < -0.39 is 5.63 Å². The van der Waals surface area contributed by atoms with Crippen molar-refractivity contribution in [2.24, 2.45) is 7.05 Å². The predicted molar refractivity (Wildman–Crippen MR) is 89.7 cm³/mol. The van der Waals surface area contributed by atoms with Gasteiger partial charge in [0.2, 0.25) is 5.78 Å². The van der Waals surface area contributed by atoms with Crippen LogP contribution in [0.5, 0.6) is 5.75 Å². The molecule has 1 aromatic carbocycles. The fourth-order valence-electron chi connectivity index (χ4n) is 2.06. The molecule has 0 bridgehead atoms. The number of ether oxygens (including phenoxy) is 1. The van der Waals surface area contributed by atoms with Crippen LogP contribution in [0.1, 0.15) is 10.5 Å². The van der Waals surface area contributed by atoms with Crippen LogP contribution in [-0.2, 0) is 7.05 Å². The maximum absolute atomic E-state index is 12.1. The quantitative estimate of drug-likeness (QED) is 0.408. The number of ketones is 1. The Kier molecular flexibility index (Phi) is 4.81. The van der Waals surface area contributed by atoms with Gasteiger partial charge >= 0.3 is 11.3 Å². The lowest BCUT2D eigenvalue weighted by Gasteiger charge is -2.00. The number of H-pyrrole nitrogens is 1. The molecule has 0 fully saturated rings. The molecule has 0 saturated carbocycles. The van der Waals surface area contributed by atoms with Crippen LogP contribution >= 0.6 is 23.1 Å². The van der Waals surface area contributed by atoms with Crippen molar-refractivity contribution in [3.05, 3.63) is 45.8 Å². The maximum Gasteiger partial charge on any atom is 0.438 e. The number of nitrogens with zero attached hydrogens (tertiary/aromatic N) is 2. The minimum atomic E-state index is -0.666. The first-order valence-corrected chi connectivity index (χ1v) is 8.78. The summed E-state index contributed by atoms with van der Waals surface area (Å²) in [6.07, 6.45) is 0. The number of hydrogen-bond donors (Lipinski definition) is 1. The van der Waals surface area contributed by atoms with Crippen LogP contribution in [0.2, 0.25) is 0 Å². The molecule has 124 valence electrons. The number of aromatic nitrogens is 3. The Labute approximate surface area is 145 Å². The van der Waals surface area contributed by atoms with Gasteiger partial charge in [0, 0.05) is 10.9 Å². The fourth-order valence-corrected chi connectivity index (χ4v) is 3.76. The fraction of sp³-hybridized carbons (Fsp3) is 0.200. The topological polar surface area (TPSA) is 89.1 Å². The number of aryl methyl sites for hydroxylation is 1. The van der Waals surface area contributed by atoms with Gasteiger partial charge in [-0.05, 0) is 29.5 Å². The van der Waals surface area contributed by atoms with E-state index in [1.165, 1.54) is 27.8 Å². The lowest BCUT2D eigenvalue weighted by Crippen LogP contribution is -2.39. The second kappa shape index (κ2) is 7.02. The van der Waals surface area contributed by atoms with Crippen LogP contribution in [0.15, 0.2) is 43.3 Å².